The van der Waals surface area contributed by atoms with Crippen LogP contribution in [0.2, 0.25) is 0 Å². The van der Waals surface area contributed by atoms with Gasteiger partial charge in [-0.25, -0.2) is 5.84 Å². The summed E-state index contributed by atoms with van der Waals surface area (Å²) in [5.41, 5.74) is 2.77. The second-order valence-electron chi connectivity index (χ2n) is 2.15. The van der Waals surface area contributed by atoms with E-state index in [4.69, 9.17) is 5.84 Å². The zero-order valence-corrected chi connectivity index (χ0v) is 6.27. The van der Waals surface area contributed by atoms with Gasteiger partial charge in [0.05, 0.1) is 0 Å². The second-order valence-corrected chi connectivity index (χ2v) is 2.15. The number of hydrogen-bond acceptors (Lipinski definition) is 3. The molecule has 0 aliphatic rings. The minimum atomic E-state index is -0.317. The van der Waals surface area contributed by atoms with Crippen molar-refractivity contribution in [2.24, 2.45) is 5.84 Å². The van der Waals surface area contributed by atoms with Crippen LogP contribution in [0.4, 0.5) is 0 Å². The van der Waals surface area contributed by atoms with Gasteiger partial charge in [-0.05, 0) is 13.8 Å². The summed E-state index contributed by atoms with van der Waals surface area (Å²) in [7, 11) is 0. The monoisotopic (exact) mass is 143 g/mol. The Bertz CT molecular complexity index is 144. The van der Waals surface area contributed by atoms with E-state index in [0.717, 1.165) is 5.70 Å². The number of hydrogen-bond donors (Lipinski definition) is 3. The highest BCUT2D eigenvalue weighted by molar-refractivity contribution is 5.80. The first-order chi connectivity index (χ1) is 4.57. The van der Waals surface area contributed by atoms with Crippen LogP contribution in [-0.2, 0) is 4.79 Å². The normalized spacial score (nSPS) is 11.9. The average Bonchev–Trinajstić information content (AvgIpc) is 1.85. The number of nitrogens with two attached hydrogens (primary N) is 1. The van der Waals surface area contributed by atoms with E-state index in [1.54, 1.807) is 13.8 Å². The van der Waals surface area contributed by atoms with Crippen molar-refractivity contribution in [1.82, 2.24) is 10.7 Å². The highest BCUT2D eigenvalue weighted by Crippen LogP contribution is 1.85. The molecule has 0 radical (unpaired) electrons. The van der Waals surface area contributed by atoms with Gasteiger partial charge in [0.2, 0.25) is 0 Å². The van der Waals surface area contributed by atoms with Crippen LogP contribution in [0.1, 0.15) is 13.8 Å². The molecular weight excluding hydrogens is 130 g/mol. The first-order valence-electron chi connectivity index (χ1n) is 3.00. The molecule has 0 saturated heterocycles. The SMILES string of the molecule is C=C(C)NC(C)C(=O)NN. The molecule has 0 spiro atoms. The Morgan fingerprint density at radius 2 is 2.20 bits per heavy atom. The molecule has 58 valence electrons. The molecule has 0 heterocycles. The van der Waals surface area contributed by atoms with E-state index >= 15 is 0 Å². The lowest BCUT2D eigenvalue weighted by atomic mass is 10.3. The summed E-state index contributed by atoms with van der Waals surface area (Å²) in [4.78, 5) is 10.7. The molecule has 0 saturated carbocycles. The topological polar surface area (TPSA) is 67.2 Å². The van der Waals surface area contributed by atoms with Gasteiger partial charge in [-0.1, -0.05) is 6.58 Å². The van der Waals surface area contributed by atoms with Crippen LogP contribution in [0, 0.1) is 0 Å². The first-order valence-corrected chi connectivity index (χ1v) is 3.00. The quantitative estimate of drug-likeness (QED) is 0.283. The summed E-state index contributed by atoms with van der Waals surface area (Å²) in [5, 5.41) is 2.81. The number of carbonyl (C=O) groups excluding carboxylic acids is 1. The van der Waals surface area contributed by atoms with Gasteiger partial charge in [0.1, 0.15) is 6.04 Å². The number of hydrazine groups is 1. The fourth-order valence-corrected chi connectivity index (χ4v) is 0.560. The van der Waals surface area contributed by atoms with Crippen molar-refractivity contribution in [1.29, 1.82) is 0 Å². The van der Waals surface area contributed by atoms with E-state index in [-0.39, 0.29) is 11.9 Å². The lowest BCUT2D eigenvalue weighted by Gasteiger charge is -2.11. The molecule has 1 amide bonds. The summed E-state index contributed by atoms with van der Waals surface area (Å²) in [5.74, 6) is 4.63. The predicted octanol–water partition coefficient (Wildman–Crippen LogP) is -0.512. The van der Waals surface area contributed by atoms with Gasteiger partial charge in [-0.15, -0.1) is 0 Å². The summed E-state index contributed by atoms with van der Waals surface area (Å²) < 4.78 is 0. The standard InChI is InChI=1S/C6H13N3O/c1-4(2)8-5(3)6(10)9-7/h5,8H,1,7H2,2-3H3,(H,9,10). The zero-order valence-electron chi connectivity index (χ0n) is 6.27. The Balaban J connectivity index is 3.72. The van der Waals surface area contributed by atoms with Crippen LogP contribution in [0.15, 0.2) is 12.3 Å². The molecule has 0 aliphatic heterocycles. The van der Waals surface area contributed by atoms with E-state index in [9.17, 15) is 4.79 Å². The van der Waals surface area contributed by atoms with Gasteiger partial charge in [-0.3, -0.25) is 10.2 Å². The van der Waals surface area contributed by atoms with Crippen molar-refractivity contribution < 1.29 is 4.79 Å². The summed E-state index contributed by atoms with van der Waals surface area (Å²) >= 11 is 0. The minimum Gasteiger partial charge on any atom is -0.378 e. The molecule has 0 fully saturated rings. The number of carbonyl (C=O) groups is 1. The van der Waals surface area contributed by atoms with Crippen molar-refractivity contribution in [3.63, 3.8) is 0 Å². The molecule has 0 aliphatic carbocycles. The van der Waals surface area contributed by atoms with Gasteiger partial charge in [0.15, 0.2) is 0 Å². The van der Waals surface area contributed by atoms with Crippen molar-refractivity contribution in [2.75, 3.05) is 0 Å². The molecule has 1 atom stereocenters. The summed E-state index contributed by atoms with van der Waals surface area (Å²) in [6.45, 7) is 7.06. The second kappa shape index (κ2) is 3.90. The number of rotatable bonds is 3. The van der Waals surface area contributed by atoms with Crippen LogP contribution in [-0.4, -0.2) is 11.9 Å². The van der Waals surface area contributed by atoms with Crippen LogP contribution >= 0.6 is 0 Å². The maximum atomic E-state index is 10.7. The zero-order chi connectivity index (χ0) is 8.15. The van der Waals surface area contributed by atoms with E-state index in [0.29, 0.717) is 0 Å². The van der Waals surface area contributed by atoms with E-state index in [1.165, 1.54) is 0 Å². The molecule has 4 heteroatoms. The molecule has 0 rings (SSSR count). The Morgan fingerprint density at radius 3 is 2.50 bits per heavy atom. The van der Waals surface area contributed by atoms with Crippen molar-refractivity contribution in [3.8, 4) is 0 Å². The molecule has 0 bridgehead atoms. The number of amides is 1. The summed E-state index contributed by atoms with van der Waals surface area (Å²) in [6, 6.07) is -0.317. The lowest BCUT2D eigenvalue weighted by molar-refractivity contribution is -0.122. The fraction of sp³-hybridized carbons (Fsp3) is 0.500. The molecule has 1 unspecified atom stereocenters. The first kappa shape index (κ1) is 8.97. The fourth-order valence-electron chi connectivity index (χ4n) is 0.560. The molecular formula is C6H13N3O. The van der Waals surface area contributed by atoms with Gasteiger partial charge in [0, 0.05) is 5.70 Å². The highest BCUT2D eigenvalue weighted by Gasteiger charge is 2.08. The Hall–Kier alpha value is -1.03. The van der Waals surface area contributed by atoms with Crippen molar-refractivity contribution in [2.45, 2.75) is 19.9 Å². The van der Waals surface area contributed by atoms with Crippen molar-refractivity contribution >= 4 is 5.91 Å². The van der Waals surface area contributed by atoms with Gasteiger partial charge < -0.3 is 5.32 Å². The summed E-state index contributed by atoms with van der Waals surface area (Å²) in [6.07, 6.45) is 0. The molecule has 4 nitrogen and oxygen atoms in total. The van der Waals surface area contributed by atoms with Crippen LogP contribution in [0.3, 0.4) is 0 Å². The Morgan fingerprint density at radius 1 is 1.70 bits per heavy atom. The van der Waals surface area contributed by atoms with Crippen LogP contribution in [0.25, 0.3) is 0 Å². The molecule has 0 aromatic heterocycles. The smallest absolute Gasteiger partial charge is 0.256 e. The maximum Gasteiger partial charge on any atom is 0.256 e. The minimum absolute atomic E-state index is 0.247. The Labute approximate surface area is 60.4 Å². The molecule has 10 heavy (non-hydrogen) atoms. The number of nitrogens with one attached hydrogen (secondary N) is 2. The third-order valence-corrected chi connectivity index (χ3v) is 0.998. The van der Waals surface area contributed by atoms with E-state index < -0.39 is 0 Å². The molecule has 0 aromatic rings. The Kier molecular flexibility index (Phi) is 3.49. The van der Waals surface area contributed by atoms with Gasteiger partial charge >= 0.3 is 0 Å². The van der Waals surface area contributed by atoms with E-state index in [1.807, 2.05) is 5.43 Å². The predicted molar refractivity (Wildman–Crippen MR) is 39.7 cm³/mol. The maximum absolute atomic E-state index is 10.7. The largest absolute Gasteiger partial charge is 0.378 e. The van der Waals surface area contributed by atoms with Crippen molar-refractivity contribution in [3.05, 3.63) is 12.3 Å². The third kappa shape index (κ3) is 3.09. The highest BCUT2D eigenvalue weighted by atomic mass is 16.2. The average molecular weight is 143 g/mol. The lowest BCUT2D eigenvalue weighted by Crippen LogP contribution is -2.44. The van der Waals surface area contributed by atoms with Crippen LogP contribution in [0.5, 0.6) is 0 Å². The van der Waals surface area contributed by atoms with E-state index in [2.05, 4.69) is 11.9 Å². The number of allylic oxidation sites excluding steroid dienone is 1. The van der Waals surface area contributed by atoms with Gasteiger partial charge in [0.25, 0.3) is 5.91 Å². The van der Waals surface area contributed by atoms with Gasteiger partial charge in [-0.2, -0.15) is 0 Å². The van der Waals surface area contributed by atoms with Crippen LogP contribution < -0.4 is 16.6 Å². The third-order valence-electron chi connectivity index (χ3n) is 0.998. The molecule has 0 aromatic carbocycles. The molecule has 4 N–H and O–H groups in total.